The Morgan fingerprint density at radius 3 is 2.75 bits per heavy atom. The van der Waals surface area contributed by atoms with Crippen molar-refractivity contribution < 1.29 is 17.7 Å². The van der Waals surface area contributed by atoms with E-state index in [4.69, 9.17) is 0 Å². The number of hydrogen-bond donors (Lipinski definition) is 2. The normalized spacial score (nSPS) is 11.4. The molecule has 0 saturated heterocycles. The predicted molar refractivity (Wildman–Crippen MR) is 63.5 cm³/mol. The number of sulfonamides is 1. The van der Waals surface area contributed by atoms with E-state index in [0.29, 0.717) is 6.07 Å². The van der Waals surface area contributed by atoms with Crippen molar-refractivity contribution in [1.29, 1.82) is 0 Å². The van der Waals surface area contributed by atoms with Gasteiger partial charge in [-0.3, -0.25) is 15.2 Å². The van der Waals surface area contributed by atoms with E-state index < -0.39 is 31.3 Å². The van der Waals surface area contributed by atoms with E-state index in [0.717, 1.165) is 12.1 Å². The zero-order valence-corrected chi connectivity index (χ0v) is 10.6. The summed E-state index contributed by atoms with van der Waals surface area (Å²) in [7, 11) is -4.14. The number of hydrogen-bond acceptors (Lipinski definition) is 6. The molecular weight excluding hydrogens is 293 g/mol. The molecule has 0 spiro atoms. The molecule has 9 nitrogen and oxygen atoms in total. The number of aromatic nitrogens is 3. The summed E-state index contributed by atoms with van der Waals surface area (Å²) in [5.41, 5.74) is -0.531. The molecule has 0 atom stereocenters. The fourth-order valence-electron chi connectivity index (χ4n) is 1.38. The first-order valence-electron chi connectivity index (χ1n) is 5.18. The summed E-state index contributed by atoms with van der Waals surface area (Å²) < 4.78 is 39.4. The van der Waals surface area contributed by atoms with Crippen LogP contribution in [0.15, 0.2) is 29.4 Å². The van der Waals surface area contributed by atoms with Crippen molar-refractivity contribution >= 4 is 15.7 Å². The summed E-state index contributed by atoms with van der Waals surface area (Å²) >= 11 is 0. The topological polar surface area (TPSA) is 131 Å². The van der Waals surface area contributed by atoms with E-state index in [2.05, 4.69) is 19.9 Å². The van der Waals surface area contributed by atoms with E-state index in [1.54, 1.807) is 0 Å². The summed E-state index contributed by atoms with van der Waals surface area (Å²) in [6.45, 7) is -0.210. The van der Waals surface area contributed by atoms with Gasteiger partial charge in [-0.2, -0.15) is 5.10 Å². The maximum absolute atomic E-state index is 13.6. The second-order valence-electron chi connectivity index (χ2n) is 3.63. The van der Waals surface area contributed by atoms with Crippen LogP contribution in [0.1, 0.15) is 5.82 Å². The lowest BCUT2D eigenvalue weighted by Crippen LogP contribution is -2.24. The smallest absolute Gasteiger partial charge is 0.262 e. The number of halogens is 1. The molecule has 0 amide bonds. The Labute approximate surface area is 112 Å². The average molecular weight is 301 g/mol. The standard InChI is InChI=1S/C9H8FN5O4S/c10-7-3-6(15(16)17)1-2-8(7)20(18,19)13-4-9-11-5-12-14-9/h1-3,5,13H,4H2,(H,11,12,14). The number of nitro benzene ring substituents is 1. The van der Waals surface area contributed by atoms with Crippen LogP contribution in [0, 0.1) is 15.9 Å². The van der Waals surface area contributed by atoms with Crippen LogP contribution in [0.4, 0.5) is 10.1 Å². The van der Waals surface area contributed by atoms with Crippen molar-refractivity contribution in [2.24, 2.45) is 0 Å². The van der Waals surface area contributed by atoms with Crippen molar-refractivity contribution in [3.8, 4) is 0 Å². The maximum Gasteiger partial charge on any atom is 0.272 e. The zero-order valence-electron chi connectivity index (χ0n) is 9.78. The third-order valence-electron chi connectivity index (χ3n) is 2.31. The predicted octanol–water partition coefficient (Wildman–Crippen LogP) is 0.331. The molecule has 0 radical (unpaired) electrons. The number of benzene rings is 1. The minimum absolute atomic E-state index is 0.210. The molecule has 0 aliphatic heterocycles. The Morgan fingerprint density at radius 1 is 1.45 bits per heavy atom. The molecular formula is C9H8FN5O4S. The first kappa shape index (κ1) is 14.0. The van der Waals surface area contributed by atoms with Crippen molar-refractivity contribution in [3.63, 3.8) is 0 Å². The van der Waals surface area contributed by atoms with E-state index >= 15 is 0 Å². The second kappa shape index (κ2) is 5.30. The van der Waals surface area contributed by atoms with E-state index in [1.165, 1.54) is 6.33 Å². The highest BCUT2D eigenvalue weighted by atomic mass is 32.2. The molecule has 0 fully saturated rings. The minimum atomic E-state index is -4.14. The Morgan fingerprint density at radius 2 is 2.20 bits per heavy atom. The van der Waals surface area contributed by atoms with Gasteiger partial charge in [-0.15, -0.1) is 0 Å². The van der Waals surface area contributed by atoms with E-state index in [1.807, 2.05) is 0 Å². The first-order chi connectivity index (χ1) is 9.40. The van der Waals surface area contributed by atoms with E-state index in [9.17, 15) is 22.9 Å². The van der Waals surface area contributed by atoms with E-state index in [-0.39, 0.29) is 12.4 Å². The Balaban J connectivity index is 2.23. The number of H-pyrrole nitrogens is 1. The minimum Gasteiger partial charge on any atom is -0.262 e. The van der Waals surface area contributed by atoms with Gasteiger partial charge in [0.25, 0.3) is 5.69 Å². The van der Waals surface area contributed by atoms with Gasteiger partial charge in [0.1, 0.15) is 22.9 Å². The molecule has 1 aromatic carbocycles. The van der Waals surface area contributed by atoms with Gasteiger partial charge in [-0.25, -0.2) is 22.5 Å². The summed E-state index contributed by atoms with van der Waals surface area (Å²) in [5, 5.41) is 16.4. The molecule has 1 aromatic heterocycles. The number of nitrogens with one attached hydrogen (secondary N) is 2. The quantitative estimate of drug-likeness (QED) is 0.604. The molecule has 2 N–H and O–H groups in total. The molecule has 2 aromatic rings. The number of aromatic amines is 1. The lowest BCUT2D eigenvalue weighted by Gasteiger charge is -2.06. The van der Waals surface area contributed by atoms with Crippen LogP contribution in [-0.4, -0.2) is 28.5 Å². The summed E-state index contributed by atoms with van der Waals surface area (Å²) in [5.74, 6) is -0.958. The molecule has 11 heteroatoms. The highest BCUT2D eigenvalue weighted by Gasteiger charge is 2.21. The van der Waals surface area contributed by atoms with Crippen LogP contribution in [0.2, 0.25) is 0 Å². The third kappa shape index (κ3) is 2.95. The molecule has 0 aliphatic carbocycles. The lowest BCUT2D eigenvalue weighted by molar-refractivity contribution is -0.385. The molecule has 0 aliphatic rings. The highest BCUT2D eigenvalue weighted by molar-refractivity contribution is 7.89. The summed E-state index contributed by atoms with van der Waals surface area (Å²) in [6, 6.07) is 2.28. The number of nitrogens with zero attached hydrogens (tertiary/aromatic N) is 3. The highest BCUT2D eigenvalue weighted by Crippen LogP contribution is 2.20. The van der Waals surface area contributed by atoms with Crippen LogP contribution in [0.3, 0.4) is 0 Å². The van der Waals surface area contributed by atoms with Gasteiger partial charge < -0.3 is 0 Å². The lowest BCUT2D eigenvalue weighted by atomic mass is 10.3. The summed E-state index contributed by atoms with van der Waals surface area (Å²) in [4.78, 5) is 12.6. The van der Waals surface area contributed by atoms with Gasteiger partial charge in [0.2, 0.25) is 10.0 Å². The number of nitro groups is 1. The van der Waals surface area contributed by atoms with Gasteiger partial charge in [-0.05, 0) is 6.07 Å². The monoisotopic (exact) mass is 301 g/mol. The van der Waals surface area contributed by atoms with Crippen molar-refractivity contribution in [3.05, 3.63) is 46.3 Å². The maximum atomic E-state index is 13.6. The fraction of sp³-hybridized carbons (Fsp3) is 0.111. The number of rotatable bonds is 5. The molecule has 0 unspecified atom stereocenters. The molecule has 0 saturated carbocycles. The SMILES string of the molecule is O=[N+]([O-])c1ccc(S(=O)(=O)NCc2ncn[nH]2)c(F)c1. The number of non-ortho nitro benzene ring substituents is 1. The van der Waals surface area contributed by atoms with Gasteiger partial charge in [0, 0.05) is 6.07 Å². The Kier molecular flexibility index (Phi) is 3.72. The van der Waals surface area contributed by atoms with Gasteiger partial charge in [-0.1, -0.05) is 0 Å². The fourth-order valence-corrected chi connectivity index (χ4v) is 2.42. The molecule has 0 bridgehead atoms. The van der Waals surface area contributed by atoms with Crippen LogP contribution in [-0.2, 0) is 16.6 Å². The Hall–Kier alpha value is -2.40. The molecule has 20 heavy (non-hydrogen) atoms. The van der Waals surface area contributed by atoms with Crippen LogP contribution >= 0.6 is 0 Å². The van der Waals surface area contributed by atoms with Crippen molar-refractivity contribution in [1.82, 2.24) is 19.9 Å². The van der Waals surface area contributed by atoms with Gasteiger partial charge >= 0.3 is 0 Å². The summed E-state index contributed by atoms with van der Waals surface area (Å²) in [6.07, 6.45) is 1.19. The molecule has 106 valence electrons. The van der Waals surface area contributed by atoms with Crippen LogP contribution in [0.25, 0.3) is 0 Å². The largest absolute Gasteiger partial charge is 0.272 e. The first-order valence-corrected chi connectivity index (χ1v) is 6.66. The van der Waals surface area contributed by atoms with Gasteiger partial charge in [0.05, 0.1) is 17.5 Å². The van der Waals surface area contributed by atoms with Crippen LogP contribution in [0.5, 0.6) is 0 Å². The average Bonchev–Trinajstić information content (AvgIpc) is 2.89. The Bertz CT molecular complexity index is 731. The van der Waals surface area contributed by atoms with Crippen LogP contribution < -0.4 is 4.72 Å². The third-order valence-corrected chi connectivity index (χ3v) is 3.74. The molecule has 2 rings (SSSR count). The molecule has 1 heterocycles. The van der Waals surface area contributed by atoms with Crippen molar-refractivity contribution in [2.45, 2.75) is 11.4 Å². The van der Waals surface area contributed by atoms with Gasteiger partial charge in [0.15, 0.2) is 0 Å². The van der Waals surface area contributed by atoms with Crippen molar-refractivity contribution in [2.75, 3.05) is 0 Å². The second-order valence-corrected chi connectivity index (χ2v) is 5.36. The zero-order chi connectivity index (χ0) is 14.8.